The van der Waals surface area contributed by atoms with Gasteiger partial charge in [0.2, 0.25) is 0 Å². The van der Waals surface area contributed by atoms with Crippen LogP contribution in [0.1, 0.15) is 31.9 Å². The van der Waals surface area contributed by atoms with Crippen LogP contribution in [0.3, 0.4) is 0 Å². The molecule has 1 aromatic rings. The standard InChI is InChI=1S/C15H25N3S.HI/c1-4-16-15(17-11-8-12-19-3)18-13(2)14-9-6-5-7-10-14;/h5-7,9-10,13H,4,8,11-12H2,1-3H3,(H2,16,17,18);1H. The van der Waals surface area contributed by atoms with Crippen molar-refractivity contribution in [2.75, 3.05) is 25.1 Å². The summed E-state index contributed by atoms with van der Waals surface area (Å²) in [6.07, 6.45) is 3.25. The second kappa shape index (κ2) is 12.3. The Kier molecular flexibility index (Phi) is 12.1. The van der Waals surface area contributed by atoms with E-state index in [1.54, 1.807) is 0 Å². The fourth-order valence-electron chi connectivity index (χ4n) is 1.75. The van der Waals surface area contributed by atoms with Crippen molar-refractivity contribution in [2.24, 2.45) is 4.99 Å². The van der Waals surface area contributed by atoms with Gasteiger partial charge in [0, 0.05) is 13.1 Å². The van der Waals surface area contributed by atoms with Crippen LogP contribution in [0.2, 0.25) is 0 Å². The summed E-state index contributed by atoms with van der Waals surface area (Å²) in [6.45, 7) is 6.00. The maximum absolute atomic E-state index is 4.60. The minimum Gasteiger partial charge on any atom is -0.357 e. The fourth-order valence-corrected chi connectivity index (χ4v) is 2.17. The lowest BCUT2D eigenvalue weighted by Crippen LogP contribution is -2.38. The summed E-state index contributed by atoms with van der Waals surface area (Å²) in [4.78, 5) is 4.60. The Labute approximate surface area is 144 Å². The predicted molar refractivity (Wildman–Crippen MR) is 102 cm³/mol. The van der Waals surface area contributed by atoms with Crippen LogP contribution in [0.5, 0.6) is 0 Å². The number of nitrogens with zero attached hydrogens (tertiary/aromatic N) is 1. The molecule has 5 heteroatoms. The average Bonchev–Trinajstić information content (AvgIpc) is 2.44. The SMILES string of the molecule is CCNC(=NCCCSC)NC(C)c1ccccc1.I. The Balaban J connectivity index is 0.00000361. The third-order valence-corrected chi connectivity index (χ3v) is 3.47. The van der Waals surface area contributed by atoms with E-state index >= 15 is 0 Å². The van der Waals surface area contributed by atoms with Gasteiger partial charge in [-0.05, 0) is 37.8 Å². The zero-order valence-corrected chi connectivity index (χ0v) is 15.7. The van der Waals surface area contributed by atoms with Crippen molar-refractivity contribution in [3.63, 3.8) is 0 Å². The highest BCUT2D eigenvalue weighted by molar-refractivity contribution is 14.0. The van der Waals surface area contributed by atoms with Gasteiger partial charge in [0.1, 0.15) is 0 Å². The Morgan fingerprint density at radius 3 is 2.60 bits per heavy atom. The number of thioether (sulfide) groups is 1. The van der Waals surface area contributed by atoms with Crippen LogP contribution in [-0.4, -0.2) is 31.1 Å². The third kappa shape index (κ3) is 7.99. The molecular weight excluding hydrogens is 381 g/mol. The average molecular weight is 407 g/mol. The Bertz CT molecular complexity index is 371. The molecule has 114 valence electrons. The number of halogens is 1. The lowest BCUT2D eigenvalue weighted by Gasteiger charge is -2.18. The highest BCUT2D eigenvalue weighted by Gasteiger charge is 2.06. The number of aliphatic imine (C=N–C) groups is 1. The van der Waals surface area contributed by atoms with E-state index in [1.807, 2.05) is 17.8 Å². The number of hydrogen-bond donors (Lipinski definition) is 2. The van der Waals surface area contributed by atoms with E-state index in [1.165, 1.54) is 5.56 Å². The molecule has 0 spiro atoms. The minimum absolute atomic E-state index is 0. The Morgan fingerprint density at radius 2 is 2.00 bits per heavy atom. The molecule has 0 aliphatic heterocycles. The van der Waals surface area contributed by atoms with Crippen LogP contribution in [0.4, 0.5) is 0 Å². The summed E-state index contributed by atoms with van der Waals surface area (Å²) in [7, 11) is 0. The summed E-state index contributed by atoms with van der Waals surface area (Å²) in [5.41, 5.74) is 1.28. The molecule has 20 heavy (non-hydrogen) atoms. The summed E-state index contributed by atoms with van der Waals surface area (Å²) in [6, 6.07) is 10.7. The van der Waals surface area contributed by atoms with Crippen molar-refractivity contribution in [2.45, 2.75) is 26.3 Å². The topological polar surface area (TPSA) is 36.4 Å². The van der Waals surface area contributed by atoms with Gasteiger partial charge in [0.25, 0.3) is 0 Å². The molecule has 0 aromatic heterocycles. The Hall–Kier alpha value is -0.430. The van der Waals surface area contributed by atoms with E-state index in [4.69, 9.17) is 0 Å². The number of guanidine groups is 1. The maximum atomic E-state index is 4.60. The van der Waals surface area contributed by atoms with Gasteiger partial charge in [-0.25, -0.2) is 0 Å². The first-order chi connectivity index (χ1) is 9.27. The first-order valence-corrected chi connectivity index (χ1v) is 8.26. The fraction of sp³-hybridized carbons (Fsp3) is 0.533. The lowest BCUT2D eigenvalue weighted by atomic mass is 10.1. The molecule has 0 fully saturated rings. The number of rotatable bonds is 7. The van der Waals surface area contributed by atoms with Gasteiger partial charge in [0.15, 0.2) is 5.96 Å². The van der Waals surface area contributed by atoms with Crippen LogP contribution < -0.4 is 10.6 Å². The van der Waals surface area contributed by atoms with Gasteiger partial charge < -0.3 is 10.6 Å². The number of hydrogen-bond acceptors (Lipinski definition) is 2. The number of benzene rings is 1. The molecule has 0 aliphatic rings. The molecule has 0 heterocycles. The predicted octanol–water partition coefficient (Wildman–Crippen LogP) is 3.67. The largest absolute Gasteiger partial charge is 0.357 e. The van der Waals surface area contributed by atoms with E-state index < -0.39 is 0 Å². The molecule has 0 saturated carbocycles. The summed E-state index contributed by atoms with van der Waals surface area (Å²) in [5.74, 6) is 2.07. The van der Waals surface area contributed by atoms with Gasteiger partial charge in [-0.1, -0.05) is 30.3 Å². The van der Waals surface area contributed by atoms with Crippen molar-refractivity contribution in [1.29, 1.82) is 0 Å². The zero-order chi connectivity index (χ0) is 13.9. The highest BCUT2D eigenvalue weighted by atomic mass is 127. The second-order valence-corrected chi connectivity index (χ2v) is 5.37. The molecule has 1 aromatic carbocycles. The quantitative estimate of drug-likeness (QED) is 0.313. The molecule has 3 nitrogen and oxygen atoms in total. The summed E-state index contributed by atoms with van der Waals surface area (Å²) >= 11 is 1.87. The van der Waals surface area contributed by atoms with Crippen molar-refractivity contribution in [1.82, 2.24) is 10.6 Å². The van der Waals surface area contributed by atoms with Crippen molar-refractivity contribution in [3.8, 4) is 0 Å². The van der Waals surface area contributed by atoms with Gasteiger partial charge in [-0.15, -0.1) is 24.0 Å². The van der Waals surface area contributed by atoms with Crippen LogP contribution in [0.15, 0.2) is 35.3 Å². The molecule has 0 aliphatic carbocycles. The molecule has 0 bridgehead atoms. The van der Waals surface area contributed by atoms with Gasteiger partial charge in [-0.2, -0.15) is 11.8 Å². The molecule has 0 amide bonds. The monoisotopic (exact) mass is 407 g/mol. The molecule has 2 N–H and O–H groups in total. The van der Waals surface area contributed by atoms with Crippen LogP contribution in [0.25, 0.3) is 0 Å². The van der Waals surface area contributed by atoms with E-state index in [9.17, 15) is 0 Å². The van der Waals surface area contributed by atoms with Crippen molar-refractivity contribution < 1.29 is 0 Å². The summed E-state index contributed by atoms with van der Waals surface area (Å²) < 4.78 is 0. The normalized spacial score (nSPS) is 12.4. The van der Waals surface area contributed by atoms with Crippen LogP contribution in [-0.2, 0) is 0 Å². The molecule has 0 saturated heterocycles. The van der Waals surface area contributed by atoms with E-state index in [-0.39, 0.29) is 30.0 Å². The van der Waals surface area contributed by atoms with Gasteiger partial charge in [0.05, 0.1) is 6.04 Å². The Morgan fingerprint density at radius 1 is 1.30 bits per heavy atom. The van der Waals surface area contributed by atoms with Gasteiger partial charge >= 0.3 is 0 Å². The molecule has 1 unspecified atom stereocenters. The van der Waals surface area contributed by atoms with Crippen LogP contribution >= 0.6 is 35.7 Å². The summed E-state index contributed by atoms with van der Waals surface area (Å²) in [5, 5.41) is 6.74. The van der Waals surface area contributed by atoms with Crippen LogP contribution in [0, 0.1) is 0 Å². The lowest BCUT2D eigenvalue weighted by molar-refractivity contribution is 0.685. The molecule has 1 atom stereocenters. The zero-order valence-electron chi connectivity index (χ0n) is 12.6. The van der Waals surface area contributed by atoms with Gasteiger partial charge in [-0.3, -0.25) is 4.99 Å². The molecule has 1 rings (SSSR count). The minimum atomic E-state index is 0. The van der Waals surface area contributed by atoms with E-state index in [0.717, 1.165) is 31.2 Å². The molecule has 0 radical (unpaired) electrons. The molecular formula is C15H26IN3S. The second-order valence-electron chi connectivity index (χ2n) is 4.38. The first-order valence-electron chi connectivity index (χ1n) is 6.86. The highest BCUT2D eigenvalue weighted by Crippen LogP contribution is 2.10. The van der Waals surface area contributed by atoms with Crippen molar-refractivity contribution >= 4 is 41.7 Å². The third-order valence-electron chi connectivity index (χ3n) is 2.77. The smallest absolute Gasteiger partial charge is 0.191 e. The first kappa shape index (κ1) is 19.6. The maximum Gasteiger partial charge on any atom is 0.191 e. The van der Waals surface area contributed by atoms with E-state index in [2.05, 4.69) is 60.0 Å². The van der Waals surface area contributed by atoms with Crippen molar-refractivity contribution in [3.05, 3.63) is 35.9 Å². The van der Waals surface area contributed by atoms with E-state index in [0.29, 0.717) is 0 Å². The number of nitrogens with one attached hydrogen (secondary N) is 2.